The number of aromatic nitrogens is 1. The number of carboxylic acid groups (broad SMARTS) is 1. The lowest BCUT2D eigenvalue weighted by Gasteiger charge is -2.06. The third-order valence-corrected chi connectivity index (χ3v) is 4.17. The number of rotatable bonds is 6. The SMILES string of the molecule is O=C(O)Cc1csc(-c2ccc(COc3ccccc3)cc2)n1. The minimum Gasteiger partial charge on any atom is -0.489 e. The minimum absolute atomic E-state index is 0.0422. The van der Waals surface area contributed by atoms with Gasteiger partial charge in [-0.25, -0.2) is 4.98 Å². The molecule has 0 radical (unpaired) electrons. The molecule has 1 heterocycles. The fourth-order valence-electron chi connectivity index (χ4n) is 2.10. The lowest BCUT2D eigenvalue weighted by molar-refractivity contribution is -0.136. The first-order valence-electron chi connectivity index (χ1n) is 7.14. The summed E-state index contributed by atoms with van der Waals surface area (Å²) in [7, 11) is 0. The highest BCUT2D eigenvalue weighted by molar-refractivity contribution is 7.13. The van der Waals surface area contributed by atoms with Crippen molar-refractivity contribution < 1.29 is 14.6 Å². The predicted octanol–water partition coefficient (Wildman–Crippen LogP) is 4.02. The molecule has 0 bridgehead atoms. The van der Waals surface area contributed by atoms with Gasteiger partial charge in [-0.15, -0.1) is 11.3 Å². The van der Waals surface area contributed by atoms with Crippen LogP contribution in [0.4, 0.5) is 0 Å². The smallest absolute Gasteiger partial charge is 0.309 e. The first-order valence-corrected chi connectivity index (χ1v) is 8.02. The van der Waals surface area contributed by atoms with E-state index < -0.39 is 5.97 Å². The molecule has 0 unspecified atom stereocenters. The molecular formula is C18H15NO3S. The van der Waals surface area contributed by atoms with E-state index >= 15 is 0 Å². The summed E-state index contributed by atoms with van der Waals surface area (Å²) in [6.45, 7) is 0.506. The zero-order valence-electron chi connectivity index (χ0n) is 12.3. The van der Waals surface area contributed by atoms with E-state index in [4.69, 9.17) is 9.84 Å². The summed E-state index contributed by atoms with van der Waals surface area (Å²) in [4.78, 5) is 15.0. The van der Waals surface area contributed by atoms with Gasteiger partial charge in [0.1, 0.15) is 17.4 Å². The van der Waals surface area contributed by atoms with E-state index in [2.05, 4.69) is 4.98 Å². The van der Waals surface area contributed by atoms with Crippen molar-refractivity contribution in [1.82, 2.24) is 4.98 Å². The molecule has 0 saturated heterocycles. The number of benzene rings is 2. The van der Waals surface area contributed by atoms with Crippen molar-refractivity contribution in [3.63, 3.8) is 0 Å². The Bertz CT molecular complexity index is 782. The van der Waals surface area contributed by atoms with Gasteiger partial charge in [0.2, 0.25) is 0 Å². The van der Waals surface area contributed by atoms with Crippen LogP contribution in [0.15, 0.2) is 60.0 Å². The summed E-state index contributed by atoms with van der Waals surface area (Å²) in [6.07, 6.45) is -0.0422. The van der Waals surface area contributed by atoms with Gasteiger partial charge in [0, 0.05) is 10.9 Å². The van der Waals surface area contributed by atoms with Crippen molar-refractivity contribution in [1.29, 1.82) is 0 Å². The van der Waals surface area contributed by atoms with E-state index in [9.17, 15) is 4.79 Å². The molecule has 0 amide bonds. The molecule has 116 valence electrons. The summed E-state index contributed by atoms with van der Waals surface area (Å²) in [5.41, 5.74) is 2.64. The Morgan fingerprint density at radius 1 is 1.09 bits per heavy atom. The first-order chi connectivity index (χ1) is 11.2. The number of nitrogens with zero attached hydrogens (tertiary/aromatic N) is 1. The van der Waals surface area contributed by atoms with E-state index in [1.165, 1.54) is 11.3 Å². The van der Waals surface area contributed by atoms with Crippen molar-refractivity contribution in [2.45, 2.75) is 13.0 Å². The molecule has 0 aliphatic carbocycles. The molecule has 4 nitrogen and oxygen atoms in total. The highest BCUT2D eigenvalue weighted by Crippen LogP contribution is 2.24. The molecule has 0 spiro atoms. The molecule has 1 aromatic heterocycles. The largest absolute Gasteiger partial charge is 0.489 e. The van der Waals surface area contributed by atoms with Gasteiger partial charge in [-0.2, -0.15) is 0 Å². The van der Waals surface area contributed by atoms with E-state index in [0.29, 0.717) is 12.3 Å². The number of para-hydroxylation sites is 1. The molecule has 23 heavy (non-hydrogen) atoms. The van der Waals surface area contributed by atoms with Crippen LogP contribution in [-0.4, -0.2) is 16.1 Å². The van der Waals surface area contributed by atoms with Gasteiger partial charge in [0.25, 0.3) is 0 Å². The van der Waals surface area contributed by atoms with E-state index in [-0.39, 0.29) is 6.42 Å². The molecule has 3 rings (SSSR count). The van der Waals surface area contributed by atoms with Gasteiger partial charge >= 0.3 is 5.97 Å². The van der Waals surface area contributed by atoms with Gasteiger partial charge in [-0.05, 0) is 17.7 Å². The third-order valence-electron chi connectivity index (χ3n) is 3.23. The normalized spacial score (nSPS) is 10.4. The van der Waals surface area contributed by atoms with Crippen LogP contribution in [0.3, 0.4) is 0 Å². The fourth-order valence-corrected chi connectivity index (χ4v) is 2.93. The maximum absolute atomic E-state index is 10.7. The van der Waals surface area contributed by atoms with Crippen LogP contribution in [0.2, 0.25) is 0 Å². The topological polar surface area (TPSA) is 59.4 Å². The summed E-state index contributed by atoms with van der Waals surface area (Å²) in [5.74, 6) is -0.0231. The quantitative estimate of drug-likeness (QED) is 0.744. The monoisotopic (exact) mass is 325 g/mol. The van der Waals surface area contributed by atoms with Crippen LogP contribution in [0.25, 0.3) is 10.6 Å². The molecule has 3 aromatic rings. The number of hydrogen-bond acceptors (Lipinski definition) is 4. The molecule has 0 aliphatic rings. The Hall–Kier alpha value is -2.66. The Labute approximate surface area is 138 Å². The zero-order valence-corrected chi connectivity index (χ0v) is 13.1. The summed E-state index contributed by atoms with van der Waals surface area (Å²) < 4.78 is 5.71. The van der Waals surface area contributed by atoms with Gasteiger partial charge in [-0.3, -0.25) is 4.79 Å². The molecular weight excluding hydrogens is 310 g/mol. The number of aliphatic carboxylic acids is 1. The second kappa shape index (κ2) is 7.07. The number of ether oxygens (including phenoxy) is 1. The zero-order chi connectivity index (χ0) is 16.1. The lowest BCUT2D eigenvalue weighted by atomic mass is 10.1. The van der Waals surface area contributed by atoms with Crippen molar-refractivity contribution in [2.75, 3.05) is 0 Å². The Balaban J connectivity index is 1.64. The number of carboxylic acids is 1. The van der Waals surface area contributed by atoms with Crippen LogP contribution in [0.1, 0.15) is 11.3 Å². The summed E-state index contributed by atoms with van der Waals surface area (Å²) in [6, 6.07) is 17.6. The average Bonchev–Trinajstić information content (AvgIpc) is 3.02. The minimum atomic E-state index is -0.866. The van der Waals surface area contributed by atoms with Crippen LogP contribution in [0, 0.1) is 0 Å². The van der Waals surface area contributed by atoms with E-state index in [1.807, 2.05) is 54.6 Å². The molecule has 0 saturated carbocycles. The van der Waals surface area contributed by atoms with Crippen LogP contribution in [-0.2, 0) is 17.8 Å². The van der Waals surface area contributed by atoms with E-state index in [1.54, 1.807) is 5.38 Å². The van der Waals surface area contributed by atoms with Gasteiger partial charge in [0.15, 0.2) is 0 Å². The van der Waals surface area contributed by atoms with E-state index in [0.717, 1.165) is 21.9 Å². The second-order valence-corrected chi connectivity index (χ2v) is 5.87. The van der Waals surface area contributed by atoms with Crippen molar-refractivity contribution in [3.8, 4) is 16.3 Å². The van der Waals surface area contributed by atoms with Gasteiger partial charge < -0.3 is 9.84 Å². The number of thiazole rings is 1. The Kier molecular flexibility index (Phi) is 4.68. The fraction of sp³-hybridized carbons (Fsp3) is 0.111. The second-order valence-electron chi connectivity index (χ2n) is 5.01. The molecule has 1 N–H and O–H groups in total. The maximum atomic E-state index is 10.7. The Morgan fingerprint density at radius 2 is 1.83 bits per heavy atom. The van der Waals surface area contributed by atoms with Crippen molar-refractivity contribution in [3.05, 3.63) is 71.2 Å². The molecule has 0 aliphatic heterocycles. The van der Waals surface area contributed by atoms with Crippen LogP contribution < -0.4 is 4.74 Å². The number of carbonyl (C=O) groups is 1. The van der Waals surface area contributed by atoms with Gasteiger partial charge in [-0.1, -0.05) is 42.5 Å². The van der Waals surface area contributed by atoms with Gasteiger partial charge in [0.05, 0.1) is 12.1 Å². The number of hydrogen-bond donors (Lipinski definition) is 1. The molecule has 0 atom stereocenters. The van der Waals surface area contributed by atoms with Crippen molar-refractivity contribution in [2.24, 2.45) is 0 Å². The predicted molar refractivity (Wildman–Crippen MR) is 89.7 cm³/mol. The molecule has 5 heteroatoms. The highest BCUT2D eigenvalue weighted by atomic mass is 32.1. The summed E-state index contributed by atoms with van der Waals surface area (Å²) in [5, 5.41) is 11.4. The maximum Gasteiger partial charge on any atom is 0.309 e. The average molecular weight is 325 g/mol. The molecule has 0 fully saturated rings. The molecule has 2 aromatic carbocycles. The Morgan fingerprint density at radius 3 is 2.52 bits per heavy atom. The lowest BCUT2D eigenvalue weighted by Crippen LogP contribution is -1.99. The summed E-state index contributed by atoms with van der Waals surface area (Å²) >= 11 is 1.46. The highest BCUT2D eigenvalue weighted by Gasteiger charge is 2.08. The third kappa shape index (κ3) is 4.17. The first kappa shape index (κ1) is 15.2. The van der Waals surface area contributed by atoms with Crippen LogP contribution in [0.5, 0.6) is 5.75 Å². The standard InChI is InChI=1S/C18H15NO3S/c20-17(21)10-15-12-23-18(19-15)14-8-6-13(7-9-14)11-22-16-4-2-1-3-5-16/h1-9,12H,10-11H2,(H,20,21). The van der Waals surface area contributed by atoms with Crippen LogP contribution >= 0.6 is 11.3 Å². The van der Waals surface area contributed by atoms with Crippen molar-refractivity contribution >= 4 is 17.3 Å².